The van der Waals surface area contributed by atoms with Crippen LogP contribution in [0.2, 0.25) is 0 Å². The molecule has 0 aliphatic heterocycles. The number of pyridine rings is 1. The minimum Gasteiger partial charge on any atom is -0.382 e. The lowest BCUT2D eigenvalue weighted by atomic mass is 9.93. The van der Waals surface area contributed by atoms with E-state index in [-0.39, 0.29) is 41.2 Å². The lowest BCUT2D eigenvalue weighted by Crippen LogP contribution is -2.35. The van der Waals surface area contributed by atoms with Crippen molar-refractivity contribution in [1.29, 1.82) is 0 Å². The molecule has 1 unspecified atom stereocenters. The molecule has 0 fully saturated rings. The van der Waals surface area contributed by atoms with Crippen molar-refractivity contribution in [3.05, 3.63) is 94.1 Å². The quantitative estimate of drug-likeness (QED) is 0.138. The number of halogens is 6. The Labute approximate surface area is 282 Å². The summed E-state index contributed by atoms with van der Waals surface area (Å²) in [6.07, 6.45) is -4.42. The number of carbonyl (C=O) groups is 1. The Morgan fingerprint density at radius 1 is 1.08 bits per heavy atom. The summed E-state index contributed by atoms with van der Waals surface area (Å²) < 4.78 is 88.1. The smallest absolute Gasteiger partial charge is 0.290 e. The van der Waals surface area contributed by atoms with E-state index in [1.54, 1.807) is 42.1 Å². The fraction of sp³-hybridized carbons (Fsp3) is 0.314. The summed E-state index contributed by atoms with van der Waals surface area (Å²) in [5.74, 6) is -0.459. The van der Waals surface area contributed by atoms with Gasteiger partial charge < -0.3 is 16.2 Å². The molecule has 1 aliphatic rings. The number of hydrogen-bond donors (Lipinski definition) is 3. The SMILES string of the molecule is Cn1nc(N)c2cccc(-c3ccc(C#CC(C)(C)O)nc3C(Cc3cc(F)cc(F)c3)NC(=O)Cn3nc(C(F)F)c4c3C(F)(F)CC4)c21. The first-order chi connectivity index (χ1) is 23.5. The number of aryl methyl sites for hydroxylation is 1. The number of carbonyl (C=O) groups excluding carboxylic acids is 1. The Morgan fingerprint density at radius 2 is 1.80 bits per heavy atom. The van der Waals surface area contributed by atoms with Crippen molar-refractivity contribution >= 4 is 22.6 Å². The van der Waals surface area contributed by atoms with Gasteiger partial charge in [-0.2, -0.15) is 19.0 Å². The molecule has 6 rings (SSSR count). The molecule has 50 heavy (non-hydrogen) atoms. The van der Waals surface area contributed by atoms with Crippen LogP contribution in [-0.2, 0) is 37.2 Å². The number of aliphatic hydroxyl groups is 1. The van der Waals surface area contributed by atoms with Crippen molar-refractivity contribution in [3.8, 4) is 23.0 Å². The average molecular weight is 696 g/mol. The number of benzene rings is 2. The highest BCUT2D eigenvalue weighted by molar-refractivity contribution is 6.00. The molecular weight excluding hydrogens is 664 g/mol. The molecule has 0 bridgehead atoms. The summed E-state index contributed by atoms with van der Waals surface area (Å²) in [7, 11) is 1.68. The van der Waals surface area contributed by atoms with Gasteiger partial charge >= 0.3 is 0 Å². The number of rotatable bonds is 8. The van der Waals surface area contributed by atoms with E-state index in [0.29, 0.717) is 32.8 Å². The van der Waals surface area contributed by atoms with Crippen LogP contribution < -0.4 is 11.1 Å². The van der Waals surface area contributed by atoms with Crippen molar-refractivity contribution in [3.63, 3.8) is 0 Å². The van der Waals surface area contributed by atoms with Crippen LogP contribution in [0.4, 0.5) is 32.2 Å². The highest BCUT2D eigenvalue weighted by atomic mass is 19.3. The third kappa shape index (κ3) is 6.88. The van der Waals surface area contributed by atoms with Crippen LogP contribution >= 0.6 is 0 Å². The van der Waals surface area contributed by atoms with E-state index < -0.39 is 65.9 Å². The Morgan fingerprint density at radius 3 is 2.48 bits per heavy atom. The van der Waals surface area contributed by atoms with Crippen LogP contribution in [-0.4, -0.2) is 41.2 Å². The number of aromatic nitrogens is 5. The minimum atomic E-state index is -3.49. The van der Waals surface area contributed by atoms with E-state index in [2.05, 4.69) is 27.4 Å². The summed E-state index contributed by atoms with van der Waals surface area (Å²) in [5, 5.41) is 21.5. The molecule has 1 aliphatic carbocycles. The highest BCUT2D eigenvalue weighted by Crippen LogP contribution is 2.45. The summed E-state index contributed by atoms with van der Waals surface area (Å²) in [5.41, 5.74) is 4.91. The Hall–Kier alpha value is -5.36. The zero-order valence-corrected chi connectivity index (χ0v) is 27.0. The Kier molecular flexibility index (Phi) is 8.85. The molecule has 0 spiro atoms. The fourth-order valence-electron chi connectivity index (χ4n) is 6.26. The lowest BCUT2D eigenvalue weighted by molar-refractivity contribution is -0.122. The number of alkyl halides is 4. The van der Waals surface area contributed by atoms with Gasteiger partial charge in [-0.05, 0) is 68.5 Å². The highest BCUT2D eigenvalue weighted by Gasteiger charge is 2.46. The number of anilines is 1. The summed E-state index contributed by atoms with van der Waals surface area (Å²) >= 11 is 0. The molecule has 0 saturated carbocycles. The van der Waals surface area contributed by atoms with E-state index in [0.717, 1.165) is 12.1 Å². The number of fused-ring (bicyclic) bond motifs is 2. The van der Waals surface area contributed by atoms with E-state index in [1.807, 2.05) is 0 Å². The van der Waals surface area contributed by atoms with Gasteiger partial charge in [0.25, 0.3) is 12.3 Å². The van der Waals surface area contributed by atoms with Gasteiger partial charge in [0.1, 0.15) is 40.9 Å². The molecule has 3 heterocycles. The molecular formula is C35H31F6N7O2. The van der Waals surface area contributed by atoms with Gasteiger partial charge in [-0.25, -0.2) is 22.5 Å². The van der Waals surface area contributed by atoms with Crippen LogP contribution in [0.3, 0.4) is 0 Å². The zero-order chi connectivity index (χ0) is 36.1. The monoisotopic (exact) mass is 695 g/mol. The second-order valence-corrected chi connectivity index (χ2v) is 12.6. The number of para-hydroxylation sites is 1. The van der Waals surface area contributed by atoms with E-state index in [1.165, 1.54) is 13.8 Å². The summed E-state index contributed by atoms with van der Waals surface area (Å²) in [6, 6.07) is 10.1. The first-order valence-electron chi connectivity index (χ1n) is 15.5. The fourth-order valence-corrected chi connectivity index (χ4v) is 6.26. The molecule has 1 atom stereocenters. The van der Waals surface area contributed by atoms with E-state index >= 15 is 0 Å². The van der Waals surface area contributed by atoms with Gasteiger partial charge in [0.2, 0.25) is 5.91 Å². The molecule has 4 N–H and O–H groups in total. The third-order valence-electron chi connectivity index (χ3n) is 8.25. The predicted molar refractivity (Wildman–Crippen MR) is 172 cm³/mol. The number of hydrogen-bond acceptors (Lipinski definition) is 6. The normalized spacial score (nSPS) is 14.5. The topological polar surface area (TPSA) is 124 Å². The molecule has 260 valence electrons. The van der Waals surface area contributed by atoms with E-state index in [9.17, 15) is 36.2 Å². The van der Waals surface area contributed by atoms with Crippen LogP contribution in [0, 0.1) is 23.5 Å². The maximum Gasteiger partial charge on any atom is 0.290 e. The number of nitrogens with zero attached hydrogens (tertiary/aromatic N) is 5. The average Bonchev–Trinajstić information content (AvgIpc) is 3.65. The number of nitrogens with two attached hydrogens (primary N) is 1. The van der Waals surface area contributed by atoms with Gasteiger partial charge in [0, 0.05) is 41.6 Å². The van der Waals surface area contributed by atoms with Gasteiger partial charge in [-0.1, -0.05) is 18.1 Å². The second kappa shape index (κ2) is 12.8. The van der Waals surface area contributed by atoms with Crippen LogP contribution in [0.1, 0.15) is 66.6 Å². The largest absolute Gasteiger partial charge is 0.382 e. The molecule has 2 aromatic carbocycles. The van der Waals surface area contributed by atoms with Crippen molar-refractivity contribution < 1.29 is 36.2 Å². The lowest BCUT2D eigenvalue weighted by Gasteiger charge is -2.23. The molecule has 5 aromatic rings. The van der Waals surface area contributed by atoms with Crippen LogP contribution in [0.5, 0.6) is 0 Å². The number of amides is 1. The first kappa shape index (κ1) is 34.5. The van der Waals surface area contributed by atoms with Crippen molar-refractivity contribution in [1.82, 2.24) is 29.9 Å². The minimum absolute atomic E-state index is 0.114. The van der Waals surface area contributed by atoms with Gasteiger partial charge in [-0.15, -0.1) is 0 Å². The Bertz CT molecular complexity index is 2170. The van der Waals surface area contributed by atoms with Gasteiger partial charge in [-0.3, -0.25) is 14.2 Å². The zero-order valence-electron chi connectivity index (χ0n) is 27.0. The summed E-state index contributed by atoms with van der Waals surface area (Å²) in [6.45, 7) is 2.08. The van der Waals surface area contributed by atoms with Gasteiger partial charge in [0.05, 0.1) is 17.3 Å². The van der Waals surface area contributed by atoms with Crippen molar-refractivity contribution in [2.45, 2.75) is 63.6 Å². The van der Waals surface area contributed by atoms with Crippen LogP contribution in [0.25, 0.3) is 22.0 Å². The number of nitrogen functional groups attached to an aromatic ring is 1. The summed E-state index contributed by atoms with van der Waals surface area (Å²) in [4.78, 5) is 18.4. The molecule has 15 heteroatoms. The molecule has 0 radical (unpaired) electrons. The Balaban J connectivity index is 1.50. The molecule has 0 saturated heterocycles. The van der Waals surface area contributed by atoms with E-state index in [4.69, 9.17) is 10.7 Å². The van der Waals surface area contributed by atoms with Crippen molar-refractivity contribution in [2.24, 2.45) is 7.05 Å². The van der Waals surface area contributed by atoms with Crippen LogP contribution in [0.15, 0.2) is 48.5 Å². The maximum atomic E-state index is 14.9. The van der Waals surface area contributed by atoms with Gasteiger partial charge in [0.15, 0.2) is 5.82 Å². The second-order valence-electron chi connectivity index (χ2n) is 12.6. The number of nitrogens with one attached hydrogen (secondary N) is 1. The predicted octanol–water partition coefficient (Wildman–Crippen LogP) is 5.89. The first-order valence-corrected chi connectivity index (χ1v) is 15.5. The standard InChI is InChI=1S/C35H31F6N7O2/c1-34(2,50)11-9-21-7-8-22(23-5-4-6-25-30(23)47(3)46-33(25)42)28(43-21)26(15-18-13-19(36)16-20(37)14-18)44-27(49)17-48-31-24(10-12-35(31,40)41)29(45-48)32(38)39/h4-8,13-14,16,26,32,50H,10,12,15,17H2,1-3H3,(H2,42,46)(H,44,49). The maximum absolute atomic E-state index is 14.9. The third-order valence-corrected chi connectivity index (χ3v) is 8.25. The molecule has 3 aromatic heterocycles. The molecule has 9 nitrogen and oxygen atoms in total. The van der Waals surface area contributed by atoms with Crippen molar-refractivity contribution in [2.75, 3.05) is 5.73 Å². The molecule has 1 amide bonds.